The molecule has 5 nitrogen and oxygen atoms in total. The van der Waals surface area contributed by atoms with Crippen LogP contribution in [0.25, 0.3) is 11.5 Å². The van der Waals surface area contributed by atoms with Crippen LogP contribution in [0.5, 0.6) is 0 Å². The summed E-state index contributed by atoms with van der Waals surface area (Å²) in [5, 5.41) is 8.75. The van der Waals surface area contributed by atoms with Crippen LogP contribution in [-0.2, 0) is 26.6 Å². The Morgan fingerprint density at radius 1 is 0.442 bits per heavy atom. The van der Waals surface area contributed by atoms with Crippen molar-refractivity contribution in [1.29, 1.82) is 0 Å². The number of aliphatic hydroxyl groups is 1. The average Bonchev–Trinajstić information content (AvgIpc) is 3.12. The zero-order valence-electron chi connectivity index (χ0n) is 35.3. The SMILES string of the molecule is CCCCC(CC)CO.CCCCCCCCCCCCCCCCCC([NH-])=O.CCCCCCCCCCCCCCCCCC([NH-])=O.[Cl][Ti][Cl]. The number of amides is 2. The normalized spacial score (nSPS) is 11.0. The molecule has 0 aliphatic carbocycles. The number of hydrogen-bond donors (Lipinski definition) is 1. The van der Waals surface area contributed by atoms with Crippen molar-refractivity contribution in [3.8, 4) is 0 Å². The van der Waals surface area contributed by atoms with Crippen molar-refractivity contribution in [1.82, 2.24) is 0 Å². The first-order valence-electron chi connectivity index (χ1n) is 22.4. The molecule has 0 fully saturated rings. The molecule has 0 heterocycles. The Bertz CT molecular complexity index is 599. The molecule has 0 aromatic heterocycles. The molecule has 0 rings (SSSR count). The molecule has 3 N–H and O–H groups in total. The van der Waals surface area contributed by atoms with Crippen LogP contribution in [0, 0.1) is 5.92 Å². The van der Waals surface area contributed by atoms with Crippen molar-refractivity contribution in [2.75, 3.05) is 6.61 Å². The van der Waals surface area contributed by atoms with Gasteiger partial charge >= 0.3 is 35.6 Å². The Balaban J connectivity index is -0.000000339. The minimum atomic E-state index is -0.556. The predicted octanol–water partition coefficient (Wildman–Crippen LogP) is 17.2. The quantitative estimate of drug-likeness (QED) is 0.0499. The Kier molecular flexibility index (Phi) is 65.6. The van der Waals surface area contributed by atoms with Crippen LogP contribution in [0.4, 0.5) is 0 Å². The topological polar surface area (TPSA) is 102 Å². The van der Waals surface area contributed by atoms with Crippen molar-refractivity contribution < 1.29 is 31.7 Å². The van der Waals surface area contributed by atoms with E-state index in [0.29, 0.717) is 25.4 Å². The van der Waals surface area contributed by atoms with Crippen LogP contribution in [0.15, 0.2) is 0 Å². The molecule has 1 unspecified atom stereocenters. The third kappa shape index (κ3) is 68.2. The second kappa shape index (κ2) is 57.9. The summed E-state index contributed by atoms with van der Waals surface area (Å²) in [5.41, 5.74) is 13.6. The Morgan fingerprint density at radius 3 is 0.827 bits per heavy atom. The van der Waals surface area contributed by atoms with Crippen LogP contribution in [0.3, 0.4) is 0 Å². The van der Waals surface area contributed by atoms with E-state index in [2.05, 4.69) is 27.7 Å². The fourth-order valence-electron chi connectivity index (χ4n) is 6.23. The second-order valence-corrected chi connectivity index (χ2v) is 17.5. The van der Waals surface area contributed by atoms with Gasteiger partial charge in [-0.1, -0.05) is 227 Å². The molecule has 0 saturated heterocycles. The van der Waals surface area contributed by atoms with Gasteiger partial charge in [0.15, 0.2) is 0 Å². The summed E-state index contributed by atoms with van der Waals surface area (Å²) in [6.45, 7) is 9.24. The Morgan fingerprint density at radius 2 is 0.654 bits per heavy atom. The first kappa shape index (κ1) is 58.9. The number of halogens is 2. The van der Waals surface area contributed by atoms with E-state index >= 15 is 0 Å². The molecule has 1 atom stereocenters. The molecule has 52 heavy (non-hydrogen) atoms. The van der Waals surface area contributed by atoms with Gasteiger partial charge in [-0.15, -0.1) is 0 Å². The number of rotatable bonds is 37. The van der Waals surface area contributed by atoms with E-state index in [1.807, 2.05) is 0 Å². The summed E-state index contributed by atoms with van der Waals surface area (Å²) in [5.74, 6) is -0.246. The van der Waals surface area contributed by atoms with Gasteiger partial charge < -0.3 is 26.2 Å². The van der Waals surface area contributed by atoms with Crippen LogP contribution >= 0.6 is 18.6 Å². The summed E-state index contributed by atoms with van der Waals surface area (Å²) in [6, 6.07) is 0. The molecular weight excluding hydrogens is 723 g/mol. The van der Waals surface area contributed by atoms with Crippen molar-refractivity contribution in [3.05, 3.63) is 11.5 Å². The zero-order valence-corrected chi connectivity index (χ0v) is 38.3. The molecule has 0 spiro atoms. The van der Waals surface area contributed by atoms with Crippen molar-refractivity contribution in [2.24, 2.45) is 5.92 Å². The maximum absolute atomic E-state index is 10.4. The molecule has 0 aliphatic rings. The molecule has 2 amide bonds. The van der Waals surface area contributed by atoms with Gasteiger partial charge in [-0.25, -0.2) is 0 Å². The Labute approximate surface area is 343 Å². The third-order valence-electron chi connectivity index (χ3n) is 9.82. The molecule has 314 valence electrons. The van der Waals surface area contributed by atoms with Gasteiger partial charge in [0.1, 0.15) is 0 Å². The predicted molar refractivity (Wildman–Crippen MR) is 230 cm³/mol. The van der Waals surface area contributed by atoms with Crippen molar-refractivity contribution >= 4 is 30.4 Å². The second-order valence-electron chi connectivity index (χ2n) is 14.9. The fourth-order valence-corrected chi connectivity index (χ4v) is 6.23. The van der Waals surface area contributed by atoms with E-state index in [9.17, 15) is 9.59 Å². The first-order valence-corrected chi connectivity index (χ1v) is 26.7. The fraction of sp³-hybridized carbons (Fsp3) is 0.955. The van der Waals surface area contributed by atoms with Gasteiger partial charge in [-0.3, -0.25) is 0 Å². The van der Waals surface area contributed by atoms with Crippen LogP contribution in [0.2, 0.25) is 0 Å². The third-order valence-corrected chi connectivity index (χ3v) is 9.82. The van der Waals surface area contributed by atoms with E-state index in [1.165, 1.54) is 186 Å². The summed E-state index contributed by atoms with van der Waals surface area (Å²) in [4.78, 5) is 20.9. The molecule has 0 saturated carbocycles. The number of nitrogens with one attached hydrogen (secondary N) is 2. The number of aliphatic hydroxyl groups excluding tert-OH is 1. The first-order chi connectivity index (χ1) is 25.3. The molecule has 0 aromatic carbocycles. The zero-order chi connectivity index (χ0) is 39.6. The van der Waals surface area contributed by atoms with Crippen molar-refractivity contribution in [2.45, 2.75) is 259 Å². The molecule has 0 aliphatic heterocycles. The van der Waals surface area contributed by atoms with E-state index in [0.717, 1.165) is 32.1 Å². The summed E-state index contributed by atoms with van der Waals surface area (Å²) in [6.07, 6.45) is 45.9. The van der Waals surface area contributed by atoms with Gasteiger partial charge in [0.05, 0.1) is 0 Å². The van der Waals surface area contributed by atoms with E-state index in [1.54, 1.807) is 0 Å². The molecule has 0 bridgehead atoms. The molecule has 0 radical (unpaired) electrons. The van der Waals surface area contributed by atoms with E-state index < -0.39 is 28.8 Å². The van der Waals surface area contributed by atoms with Crippen LogP contribution in [-0.4, -0.2) is 23.5 Å². The van der Waals surface area contributed by atoms with Gasteiger partial charge in [0, 0.05) is 18.4 Å². The average molecular weight is 814 g/mol. The van der Waals surface area contributed by atoms with Gasteiger partial charge in [-0.2, -0.15) is 0 Å². The van der Waals surface area contributed by atoms with E-state index in [-0.39, 0.29) is 0 Å². The van der Waals surface area contributed by atoms with Crippen molar-refractivity contribution in [3.63, 3.8) is 0 Å². The Hall–Kier alpha value is 0.194. The van der Waals surface area contributed by atoms with Gasteiger partial charge in [0.2, 0.25) is 0 Å². The summed E-state index contributed by atoms with van der Waals surface area (Å²) >= 11 is -0.556. The molecular formula is C44H90Cl2N2O3Ti-2. The number of hydrogen-bond acceptors (Lipinski definition) is 3. The number of unbranched alkanes of at least 4 members (excludes halogenated alkanes) is 29. The molecule has 0 aromatic rings. The van der Waals surface area contributed by atoms with Gasteiger partial charge in [-0.05, 0) is 38.0 Å². The minimum absolute atomic E-state index is 0.372. The maximum atomic E-state index is 10.4. The summed E-state index contributed by atoms with van der Waals surface area (Å²) in [7, 11) is 9.78. The standard InChI is InChI=1S/2C18H37NO.C8H18O.2ClH.Ti/c2*1-2-3-4-5-6-7-8-9-10-11-12-13-14-15-16-17-18(19)20;1-3-5-6-8(4-2)7-9;;;/h2*2-17H2,1H3,(H2,19,20);8-9H,3-7H2,1-2H3;2*1H;/q;;;;;+2/p-4. The number of carbonyl (C=O) groups excluding carboxylic acids is 2. The van der Waals surface area contributed by atoms with Crippen LogP contribution < -0.4 is 0 Å². The van der Waals surface area contributed by atoms with Crippen LogP contribution in [0.1, 0.15) is 259 Å². The monoisotopic (exact) mass is 813 g/mol. The van der Waals surface area contributed by atoms with Gasteiger partial charge in [0.25, 0.3) is 0 Å². The number of carbonyl (C=O) groups is 2. The molecule has 8 heteroatoms. The summed E-state index contributed by atoms with van der Waals surface area (Å²) < 4.78 is 0. The van der Waals surface area contributed by atoms with E-state index in [4.69, 9.17) is 35.2 Å².